The summed E-state index contributed by atoms with van der Waals surface area (Å²) in [5.74, 6) is 0.601. The molecule has 3 N–H and O–H groups in total. The van der Waals surface area contributed by atoms with Gasteiger partial charge in [0.25, 0.3) is 0 Å². The van der Waals surface area contributed by atoms with Crippen molar-refractivity contribution < 1.29 is 4.74 Å². The number of anilines is 1. The summed E-state index contributed by atoms with van der Waals surface area (Å²) < 4.78 is 6.80. The summed E-state index contributed by atoms with van der Waals surface area (Å²) in [6.07, 6.45) is 0. The number of nitrogens with two attached hydrogens (primary N) is 1. The van der Waals surface area contributed by atoms with Crippen LogP contribution in [0.25, 0.3) is 11.2 Å². The van der Waals surface area contributed by atoms with E-state index in [1.165, 1.54) is 4.57 Å². The lowest BCUT2D eigenvalue weighted by Gasteiger charge is -2.06. The molecule has 0 aliphatic carbocycles. The second-order valence-electron chi connectivity index (χ2n) is 4.99. The van der Waals surface area contributed by atoms with Crippen LogP contribution in [0, 0.1) is 0 Å². The summed E-state index contributed by atoms with van der Waals surface area (Å²) in [6.45, 7) is 2.59. The molecule has 0 unspecified atom stereocenters. The molecule has 8 heteroatoms. The van der Waals surface area contributed by atoms with Crippen LogP contribution in [0.4, 0.5) is 5.82 Å². The van der Waals surface area contributed by atoms with Crippen molar-refractivity contribution in [3.05, 3.63) is 45.9 Å². The summed E-state index contributed by atoms with van der Waals surface area (Å²) >= 11 is 5.86. The summed E-state index contributed by atoms with van der Waals surface area (Å²) in [4.78, 5) is 23.2. The molecule has 0 aliphatic heterocycles. The van der Waals surface area contributed by atoms with E-state index in [0.29, 0.717) is 30.2 Å². The lowest BCUT2D eigenvalue weighted by atomic mass is 10.1. The van der Waals surface area contributed by atoms with Gasteiger partial charge >= 0.3 is 11.7 Å². The van der Waals surface area contributed by atoms with Crippen LogP contribution in [0.15, 0.2) is 29.1 Å². The van der Waals surface area contributed by atoms with Gasteiger partial charge in [0, 0.05) is 5.88 Å². The van der Waals surface area contributed by atoms with E-state index in [9.17, 15) is 4.79 Å². The van der Waals surface area contributed by atoms with Crippen molar-refractivity contribution in [1.82, 2.24) is 19.5 Å². The minimum absolute atomic E-state index is 0.153. The Labute approximate surface area is 137 Å². The second kappa shape index (κ2) is 6.29. The van der Waals surface area contributed by atoms with Crippen LogP contribution in [0.3, 0.4) is 0 Å². The van der Waals surface area contributed by atoms with Gasteiger partial charge in [-0.1, -0.05) is 24.3 Å². The van der Waals surface area contributed by atoms with E-state index < -0.39 is 0 Å². The molecule has 0 aliphatic rings. The predicted molar refractivity (Wildman–Crippen MR) is 88.8 cm³/mol. The van der Waals surface area contributed by atoms with Crippen LogP contribution >= 0.6 is 11.6 Å². The van der Waals surface area contributed by atoms with Crippen molar-refractivity contribution >= 4 is 28.6 Å². The molecule has 23 heavy (non-hydrogen) atoms. The number of nitrogens with zero attached hydrogens (tertiary/aromatic N) is 3. The molecule has 0 amide bonds. The molecule has 3 rings (SSSR count). The van der Waals surface area contributed by atoms with Gasteiger partial charge in [-0.2, -0.15) is 9.97 Å². The average molecular weight is 334 g/mol. The number of nitrogen functional groups attached to an aromatic ring is 1. The molecule has 0 saturated carbocycles. The predicted octanol–water partition coefficient (Wildman–Crippen LogP) is 1.89. The maximum Gasteiger partial charge on any atom is 0.328 e. The van der Waals surface area contributed by atoms with Crippen molar-refractivity contribution in [3.63, 3.8) is 0 Å². The fraction of sp³-hybridized carbons (Fsp3) is 0.267. The van der Waals surface area contributed by atoms with E-state index in [2.05, 4.69) is 15.0 Å². The van der Waals surface area contributed by atoms with Crippen molar-refractivity contribution in [2.24, 2.45) is 0 Å². The van der Waals surface area contributed by atoms with Gasteiger partial charge in [0.1, 0.15) is 5.52 Å². The first-order chi connectivity index (χ1) is 11.1. The number of rotatable bonds is 5. The Bertz CT molecular complexity index is 903. The molecule has 0 atom stereocenters. The Morgan fingerprint density at radius 1 is 1.35 bits per heavy atom. The van der Waals surface area contributed by atoms with Crippen molar-refractivity contribution in [1.29, 1.82) is 0 Å². The Morgan fingerprint density at radius 2 is 2.13 bits per heavy atom. The highest BCUT2D eigenvalue weighted by atomic mass is 35.5. The van der Waals surface area contributed by atoms with Crippen LogP contribution in [0.5, 0.6) is 6.01 Å². The van der Waals surface area contributed by atoms with Gasteiger partial charge in [-0.25, -0.2) is 4.79 Å². The molecule has 1 aromatic carbocycles. The Kier molecular flexibility index (Phi) is 4.20. The lowest BCUT2D eigenvalue weighted by Crippen LogP contribution is -2.18. The number of imidazole rings is 1. The van der Waals surface area contributed by atoms with E-state index >= 15 is 0 Å². The number of nitrogens with one attached hydrogen (secondary N) is 1. The van der Waals surface area contributed by atoms with E-state index in [-0.39, 0.29) is 17.5 Å². The summed E-state index contributed by atoms with van der Waals surface area (Å²) in [7, 11) is 0. The highest BCUT2D eigenvalue weighted by Crippen LogP contribution is 2.18. The van der Waals surface area contributed by atoms with Crippen LogP contribution in [0.1, 0.15) is 18.1 Å². The van der Waals surface area contributed by atoms with E-state index in [1.807, 2.05) is 31.2 Å². The Balaban J connectivity index is 2.09. The van der Waals surface area contributed by atoms with Crippen molar-refractivity contribution in [2.45, 2.75) is 19.3 Å². The zero-order valence-corrected chi connectivity index (χ0v) is 13.3. The van der Waals surface area contributed by atoms with Gasteiger partial charge in [0.15, 0.2) is 11.5 Å². The van der Waals surface area contributed by atoms with Crippen molar-refractivity contribution in [2.75, 3.05) is 12.3 Å². The molecule has 3 aromatic rings. The van der Waals surface area contributed by atoms with Crippen LogP contribution in [0.2, 0.25) is 0 Å². The van der Waals surface area contributed by atoms with Crippen LogP contribution in [-0.4, -0.2) is 26.1 Å². The molecule has 2 heterocycles. The zero-order valence-electron chi connectivity index (χ0n) is 12.5. The van der Waals surface area contributed by atoms with Crippen molar-refractivity contribution in [3.8, 4) is 6.01 Å². The monoisotopic (exact) mass is 333 g/mol. The molecule has 0 bridgehead atoms. The molecule has 0 spiro atoms. The fourth-order valence-corrected chi connectivity index (χ4v) is 2.53. The molecule has 0 saturated heterocycles. The quantitative estimate of drug-likeness (QED) is 0.695. The summed E-state index contributed by atoms with van der Waals surface area (Å²) in [6, 6.07) is 7.87. The minimum atomic E-state index is -0.300. The van der Waals surface area contributed by atoms with Gasteiger partial charge in [0.2, 0.25) is 0 Å². The molecular weight excluding hydrogens is 318 g/mol. The highest BCUT2D eigenvalue weighted by molar-refractivity contribution is 6.17. The molecule has 120 valence electrons. The van der Waals surface area contributed by atoms with Crippen LogP contribution < -0.4 is 16.2 Å². The third kappa shape index (κ3) is 3.00. The average Bonchev–Trinajstić information content (AvgIpc) is 2.85. The van der Waals surface area contributed by atoms with Gasteiger partial charge in [-0.3, -0.25) is 4.57 Å². The number of fused-ring (bicyclic) bond motifs is 1. The number of hydrogen-bond donors (Lipinski definition) is 2. The first-order valence-electron chi connectivity index (χ1n) is 7.15. The van der Waals surface area contributed by atoms with Gasteiger partial charge in [-0.15, -0.1) is 11.6 Å². The van der Waals surface area contributed by atoms with Gasteiger partial charge in [-0.05, 0) is 18.1 Å². The molecule has 0 radical (unpaired) electrons. The number of halogens is 1. The Morgan fingerprint density at radius 3 is 2.87 bits per heavy atom. The highest BCUT2D eigenvalue weighted by Gasteiger charge is 2.14. The van der Waals surface area contributed by atoms with Gasteiger partial charge in [0.05, 0.1) is 13.2 Å². The van der Waals surface area contributed by atoms with Crippen LogP contribution in [-0.2, 0) is 12.4 Å². The summed E-state index contributed by atoms with van der Waals surface area (Å²) in [5, 5.41) is 0. The third-order valence-electron chi connectivity index (χ3n) is 3.39. The molecular formula is C15H16ClN5O2. The standard InChI is InChI=1S/C15H16ClN5O2/c1-2-23-14-19-12(17)11-13(20-14)21(15(22)18-11)8-10-5-3-4-9(6-10)7-16/h3-6H,2,7-8H2,1H3,(H,18,22)(H2,17,19,20). The third-order valence-corrected chi connectivity index (χ3v) is 3.70. The number of hydrogen-bond acceptors (Lipinski definition) is 5. The summed E-state index contributed by atoms with van der Waals surface area (Å²) in [5.41, 5.74) is 8.34. The molecule has 2 aromatic heterocycles. The first kappa shape index (κ1) is 15.4. The maximum atomic E-state index is 12.2. The van der Waals surface area contributed by atoms with E-state index in [1.54, 1.807) is 0 Å². The minimum Gasteiger partial charge on any atom is -0.464 e. The number of aromatic amines is 1. The second-order valence-corrected chi connectivity index (χ2v) is 5.26. The topological polar surface area (TPSA) is 98.8 Å². The zero-order chi connectivity index (χ0) is 16.4. The normalized spacial score (nSPS) is 11.0. The maximum absolute atomic E-state index is 12.2. The smallest absolute Gasteiger partial charge is 0.328 e. The molecule has 0 fully saturated rings. The molecule has 7 nitrogen and oxygen atoms in total. The number of H-pyrrole nitrogens is 1. The number of aromatic nitrogens is 4. The number of benzene rings is 1. The largest absolute Gasteiger partial charge is 0.464 e. The number of ether oxygens (including phenoxy) is 1. The van der Waals surface area contributed by atoms with E-state index in [0.717, 1.165) is 11.1 Å². The lowest BCUT2D eigenvalue weighted by molar-refractivity contribution is 0.314. The first-order valence-corrected chi connectivity index (χ1v) is 7.68. The van der Waals surface area contributed by atoms with Gasteiger partial charge < -0.3 is 15.5 Å². The van der Waals surface area contributed by atoms with E-state index in [4.69, 9.17) is 22.1 Å². The number of alkyl halides is 1. The Hall–Kier alpha value is -2.54. The fourth-order valence-electron chi connectivity index (χ4n) is 2.36. The SMILES string of the molecule is CCOc1nc(N)c2[nH]c(=O)n(Cc3cccc(CCl)c3)c2n1.